The highest BCUT2D eigenvalue weighted by molar-refractivity contribution is 8.05. The molecule has 0 amide bonds. The minimum Gasteiger partial charge on any atom is -0.280 e. The van der Waals surface area contributed by atoms with Crippen LogP contribution < -0.4 is 0 Å². The molecule has 1 aromatic rings. The maximum absolute atomic E-state index is 9.55. The third-order valence-corrected chi connectivity index (χ3v) is 4.12. The average Bonchev–Trinajstić information content (AvgIpc) is 2.52. The predicted molar refractivity (Wildman–Crippen MR) is 92.7 cm³/mol. The van der Waals surface area contributed by atoms with Gasteiger partial charge in [-0.05, 0) is 34.9 Å². The summed E-state index contributed by atoms with van der Waals surface area (Å²) in [6.07, 6.45) is 1.87. The zero-order valence-electron chi connectivity index (χ0n) is 12.7. The van der Waals surface area contributed by atoms with Crippen LogP contribution in [0.25, 0.3) is 0 Å². The van der Waals surface area contributed by atoms with Crippen molar-refractivity contribution in [2.24, 2.45) is 0 Å². The number of likely N-dealkylation sites (N-methyl/N-ethyl adjacent to an activating group) is 1. The number of hydrogen-bond acceptors (Lipinski definition) is 3. The lowest BCUT2D eigenvalue weighted by Gasteiger charge is -2.27. The van der Waals surface area contributed by atoms with Gasteiger partial charge in [-0.25, -0.2) is 0 Å². The minimum absolute atomic E-state index is 0.243. The van der Waals surface area contributed by atoms with E-state index in [0.29, 0.717) is 6.54 Å². The summed E-state index contributed by atoms with van der Waals surface area (Å²) in [7, 11) is 0. The Labute approximate surface area is 132 Å². The molecule has 0 aliphatic heterocycles. The van der Waals surface area contributed by atoms with Crippen molar-refractivity contribution in [1.29, 1.82) is 5.26 Å². The average molecular weight is 298 g/mol. The number of benzene rings is 1. The third kappa shape index (κ3) is 4.93. The van der Waals surface area contributed by atoms with Crippen LogP contribution in [0.3, 0.4) is 0 Å². The lowest BCUT2D eigenvalue weighted by Crippen LogP contribution is -2.29. The Balaban J connectivity index is 3.01. The topological polar surface area (TPSA) is 27.0 Å². The van der Waals surface area contributed by atoms with Gasteiger partial charge < -0.3 is 0 Å². The molecule has 0 aliphatic rings. The molecule has 0 fully saturated rings. The monoisotopic (exact) mass is 298 g/mol. The van der Waals surface area contributed by atoms with Crippen LogP contribution in [0, 0.1) is 11.3 Å². The lowest BCUT2D eigenvalue weighted by atomic mass is 10.1. The summed E-state index contributed by atoms with van der Waals surface area (Å²) in [6.45, 7) is 13.3. The fraction of sp³-hybridized carbons (Fsp3) is 0.278. The van der Waals surface area contributed by atoms with Gasteiger partial charge in [0.05, 0.1) is 6.07 Å². The van der Waals surface area contributed by atoms with Crippen molar-refractivity contribution in [2.45, 2.75) is 19.9 Å². The second kappa shape index (κ2) is 9.23. The molecule has 0 radical (unpaired) electrons. The molecule has 0 bridgehead atoms. The smallest absolute Gasteiger partial charge is 0.124 e. The molecule has 1 rings (SSSR count). The predicted octanol–water partition coefficient (Wildman–Crippen LogP) is 4.91. The van der Waals surface area contributed by atoms with Crippen molar-refractivity contribution in [2.75, 3.05) is 13.1 Å². The summed E-state index contributed by atoms with van der Waals surface area (Å²) < 4.78 is 0. The Morgan fingerprint density at radius 1 is 1.38 bits per heavy atom. The van der Waals surface area contributed by atoms with E-state index < -0.39 is 0 Å². The van der Waals surface area contributed by atoms with E-state index in [1.165, 1.54) is 4.91 Å². The molecule has 0 saturated heterocycles. The van der Waals surface area contributed by atoms with Crippen LogP contribution in [0.1, 0.15) is 25.5 Å². The van der Waals surface area contributed by atoms with Crippen molar-refractivity contribution in [3.8, 4) is 6.07 Å². The van der Waals surface area contributed by atoms with Crippen LogP contribution >= 0.6 is 11.8 Å². The Morgan fingerprint density at radius 3 is 2.52 bits per heavy atom. The molecule has 0 N–H and O–H groups in total. The van der Waals surface area contributed by atoms with Crippen molar-refractivity contribution >= 4 is 11.8 Å². The minimum atomic E-state index is -0.243. The number of hydrogen-bond donors (Lipinski definition) is 0. The maximum atomic E-state index is 9.55. The van der Waals surface area contributed by atoms with Gasteiger partial charge in [-0.15, -0.1) is 11.8 Å². The quantitative estimate of drug-likeness (QED) is 0.638. The second-order valence-electron chi connectivity index (χ2n) is 4.58. The van der Waals surface area contributed by atoms with E-state index in [2.05, 4.69) is 38.0 Å². The molecule has 110 valence electrons. The standard InChI is InChI=1S/C18H22N2S/c1-5-16(15(4)21-7-3)14-20(6-2)18(13-19)17-11-9-8-10-12-17/h5,7-12,18H,1,3,6,14H2,2,4H3/b16-15+/t18-/m1/s1. The molecule has 0 heterocycles. The van der Waals surface area contributed by atoms with E-state index in [1.807, 2.05) is 41.8 Å². The third-order valence-electron chi connectivity index (χ3n) is 3.34. The largest absolute Gasteiger partial charge is 0.280 e. The van der Waals surface area contributed by atoms with Gasteiger partial charge in [0.2, 0.25) is 0 Å². The number of nitrogens with zero attached hydrogens (tertiary/aromatic N) is 2. The molecule has 0 saturated carbocycles. The van der Waals surface area contributed by atoms with Crippen LogP contribution in [-0.2, 0) is 0 Å². The molecular formula is C18H22N2S. The summed E-state index contributed by atoms with van der Waals surface area (Å²) in [5, 5.41) is 11.4. The number of nitriles is 1. The van der Waals surface area contributed by atoms with E-state index in [1.54, 1.807) is 11.8 Å². The fourth-order valence-corrected chi connectivity index (χ4v) is 2.68. The molecule has 0 spiro atoms. The molecule has 1 atom stereocenters. The first-order valence-electron chi connectivity index (χ1n) is 6.96. The van der Waals surface area contributed by atoms with Crippen molar-refractivity contribution in [3.63, 3.8) is 0 Å². The van der Waals surface area contributed by atoms with Crippen LogP contribution in [-0.4, -0.2) is 18.0 Å². The van der Waals surface area contributed by atoms with E-state index >= 15 is 0 Å². The van der Waals surface area contributed by atoms with E-state index in [4.69, 9.17) is 0 Å². The first-order valence-corrected chi connectivity index (χ1v) is 7.84. The SMILES string of the molecule is C=CS/C(C)=C(\C=C)CN(CC)[C@H](C#N)c1ccccc1. The van der Waals surface area contributed by atoms with Gasteiger partial charge in [-0.1, -0.05) is 56.5 Å². The second-order valence-corrected chi connectivity index (χ2v) is 5.76. The highest BCUT2D eigenvalue weighted by Crippen LogP contribution is 2.25. The van der Waals surface area contributed by atoms with Crippen molar-refractivity contribution < 1.29 is 0 Å². The van der Waals surface area contributed by atoms with Crippen LogP contribution in [0.5, 0.6) is 0 Å². The zero-order chi connectivity index (χ0) is 15.7. The molecule has 0 aromatic heterocycles. The molecular weight excluding hydrogens is 276 g/mol. The Hall–Kier alpha value is -1.76. The summed E-state index contributed by atoms with van der Waals surface area (Å²) in [5.41, 5.74) is 2.16. The van der Waals surface area contributed by atoms with Gasteiger partial charge in [-0.3, -0.25) is 4.90 Å². The molecule has 2 nitrogen and oxygen atoms in total. The summed E-state index contributed by atoms with van der Waals surface area (Å²) >= 11 is 1.59. The molecule has 1 aromatic carbocycles. The Bertz CT molecular complexity index is 540. The van der Waals surface area contributed by atoms with E-state index in [-0.39, 0.29) is 6.04 Å². The van der Waals surface area contributed by atoms with Gasteiger partial charge in [0.1, 0.15) is 6.04 Å². The molecule has 0 unspecified atom stereocenters. The van der Waals surface area contributed by atoms with Crippen molar-refractivity contribution in [3.05, 3.63) is 71.0 Å². The Morgan fingerprint density at radius 2 is 2.05 bits per heavy atom. The first kappa shape index (κ1) is 17.3. The van der Waals surface area contributed by atoms with Crippen LogP contribution in [0.15, 0.2) is 65.5 Å². The first-order chi connectivity index (χ1) is 10.2. The summed E-state index contributed by atoms with van der Waals surface area (Å²) in [4.78, 5) is 3.32. The van der Waals surface area contributed by atoms with E-state index in [0.717, 1.165) is 17.7 Å². The van der Waals surface area contributed by atoms with Gasteiger partial charge in [0.15, 0.2) is 0 Å². The van der Waals surface area contributed by atoms with E-state index in [9.17, 15) is 5.26 Å². The normalized spacial score (nSPS) is 13.2. The van der Waals surface area contributed by atoms with Gasteiger partial charge in [0.25, 0.3) is 0 Å². The number of thioether (sulfide) groups is 1. The number of allylic oxidation sites excluding steroid dienone is 1. The fourth-order valence-electron chi connectivity index (χ4n) is 2.13. The zero-order valence-corrected chi connectivity index (χ0v) is 13.6. The Kier molecular flexibility index (Phi) is 7.60. The highest BCUT2D eigenvalue weighted by Gasteiger charge is 2.19. The van der Waals surface area contributed by atoms with Gasteiger partial charge >= 0.3 is 0 Å². The van der Waals surface area contributed by atoms with Gasteiger partial charge in [0, 0.05) is 6.54 Å². The number of rotatable bonds is 8. The van der Waals surface area contributed by atoms with Crippen LogP contribution in [0.4, 0.5) is 0 Å². The van der Waals surface area contributed by atoms with Gasteiger partial charge in [-0.2, -0.15) is 5.26 Å². The molecule has 0 aliphatic carbocycles. The summed E-state index contributed by atoms with van der Waals surface area (Å²) in [5.74, 6) is 0. The van der Waals surface area contributed by atoms with Crippen molar-refractivity contribution in [1.82, 2.24) is 4.90 Å². The molecule has 21 heavy (non-hydrogen) atoms. The highest BCUT2D eigenvalue weighted by atomic mass is 32.2. The summed E-state index contributed by atoms with van der Waals surface area (Å²) in [6, 6.07) is 12.1. The van der Waals surface area contributed by atoms with Crippen LogP contribution in [0.2, 0.25) is 0 Å². The maximum Gasteiger partial charge on any atom is 0.124 e. The lowest BCUT2D eigenvalue weighted by molar-refractivity contribution is 0.272. The molecule has 3 heteroatoms.